The minimum Gasteiger partial charge on any atom is -0.497 e. The number of ketones is 3. The number of methoxy groups -OCH3 is 1. The van der Waals surface area contributed by atoms with Gasteiger partial charge in [-0.15, -0.1) is 0 Å². The maximum Gasteiger partial charge on any atom is 0.164 e. The van der Waals surface area contributed by atoms with E-state index in [2.05, 4.69) is 50.5 Å². The SMILES string of the molecule is COc1cccc(C#Cc2ccc3c(n2)CCCC3=O)c1.O=C1CCCc2nc(C#Cc3cccc(Cl)c3)ccc21.O=C1CCCc2nc(C#Cc3cccc(F)c3)ccc21. The van der Waals surface area contributed by atoms with Crippen molar-refractivity contribution in [2.45, 2.75) is 57.8 Å². The summed E-state index contributed by atoms with van der Waals surface area (Å²) in [5, 5.41) is 0.667. The fourth-order valence-corrected chi connectivity index (χ4v) is 7.13. The van der Waals surface area contributed by atoms with Gasteiger partial charge in [0.25, 0.3) is 0 Å². The van der Waals surface area contributed by atoms with Crippen molar-refractivity contribution in [2.24, 2.45) is 0 Å². The van der Waals surface area contributed by atoms with Gasteiger partial charge in [0.15, 0.2) is 17.3 Å². The molecule has 3 aliphatic carbocycles. The summed E-state index contributed by atoms with van der Waals surface area (Å²) in [4.78, 5) is 48.6. The van der Waals surface area contributed by atoms with Crippen LogP contribution in [0.5, 0.6) is 5.75 Å². The Kier molecular flexibility index (Phi) is 13.9. The molecule has 9 heteroatoms. The summed E-state index contributed by atoms with van der Waals surface area (Å²) in [7, 11) is 1.63. The third-order valence-electron chi connectivity index (χ3n) is 10.00. The molecule has 3 aromatic heterocycles. The molecule has 3 aliphatic rings. The highest BCUT2D eigenvalue weighted by atomic mass is 35.5. The highest BCUT2D eigenvalue weighted by molar-refractivity contribution is 6.30. The minimum atomic E-state index is -0.305. The number of rotatable bonds is 1. The van der Waals surface area contributed by atoms with Gasteiger partial charge < -0.3 is 4.74 Å². The van der Waals surface area contributed by atoms with Crippen LogP contribution in [0.25, 0.3) is 0 Å². The lowest BCUT2D eigenvalue weighted by atomic mass is 9.94. The Morgan fingerprint density at radius 1 is 0.492 bits per heavy atom. The Morgan fingerprint density at radius 3 is 1.33 bits per heavy atom. The molecule has 0 amide bonds. The van der Waals surface area contributed by atoms with Gasteiger partial charge in [0, 0.05) is 57.7 Å². The first kappa shape index (κ1) is 42.0. The number of aryl methyl sites for hydroxylation is 3. The lowest BCUT2D eigenvalue weighted by Gasteiger charge is -2.12. The number of halogens is 2. The van der Waals surface area contributed by atoms with Crippen LogP contribution in [0, 0.1) is 41.3 Å². The molecule has 0 unspecified atom stereocenters. The third kappa shape index (κ3) is 11.5. The van der Waals surface area contributed by atoms with Gasteiger partial charge in [-0.25, -0.2) is 19.3 Å². The van der Waals surface area contributed by atoms with Crippen LogP contribution in [0.2, 0.25) is 5.02 Å². The molecular weight excluding hydrogens is 785 g/mol. The van der Waals surface area contributed by atoms with Crippen LogP contribution >= 0.6 is 11.6 Å². The number of carbonyl (C=O) groups excluding carboxylic acids is 3. The summed E-state index contributed by atoms with van der Waals surface area (Å²) in [6, 6.07) is 32.0. The van der Waals surface area contributed by atoms with E-state index in [0.29, 0.717) is 52.5 Å². The van der Waals surface area contributed by atoms with Crippen LogP contribution in [-0.2, 0) is 19.3 Å². The number of hydrogen-bond acceptors (Lipinski definition) is 7. The van der Waals surface area contributed by atoms with Gasteiger partial charge in [-0.1, -0.05) is 47.6 Å². The molecule has 0 N–H and O–H groups in total. The molecule has 6 aromatic rings. The van der Waals surface area contributed by atoms with Crippen molar-refractivity contribution in [1.82, 2.24) is 15.0 Å². The van der Waals surface area contributed by atoms with Gasteiger partial charge >= 0.3 is 0 Å². The van der Waals surface area contributed by atoms with Crippen LogP contribution in [0.15, 0.2) is 109 Å². The average molecular weight is 824 g/mol. The second-order valence-corrected chi connectivity index (χ2v) is 14.8. The molecule has 0 bridgehead atoms. The molecule has 3 aromatic carbocycles. The molecule has 9 rings (SSSR count). The predicted molar refractivity (Wildman–Crippen MR) is 233 cm³/mol. The third-order valence-corrected chi connectivity index (χ3v) is 10.2. The summed E-state index contributed by atoms with van der Waals surface area (Å²) in [6.45, 7) is 0. The first-order valence-corrected chi connectivity index (χ1v) is 20.4. The van der Waals surface area contributed by atoms with Crippen molar-refractivity contribution < 1.29 is 23.5 Å². The first-order chi connectivity index (χ1) is 29.7. The molecule has 300 valence electrons. The highest BCUT2D eigenvalue weighted by Crippen LogP contribution is 2.22. The van der Waals surface area contributed by atoms with E-state index in [4.69, 9.17) is 16.3 Å². The maximum absolute atomic E-state index is 13.0. The Labute approximate surface area is 359 Å². The molecule has 7 nitrogen and oxygen atoms in total. The number of carbonyl (C=O) groups is 3. The van der Waals surface area contributed by atoms with Gasteiger partial charge in [0.1, 0.15) is 28.6 Å². The van der Waals surface area contributed by atoms with Gasteiger partial charge in [0.2, 0.25) is 0 Å². The Balaban J connectivity index is 0.000000138. The van der Waals surface area contributed by atoms with Crippen molar-refractivity contribution >= 4 is 29.0 Å². The molecule has 0 saturated heterocycles. The van der Waals surface area contributed by atoms with E-state index in [0.717, 1.165) is 83.6 Å². The number of nitrogens with zero attached hydrogens (tertiary/aromatic N) is 3. The Bertz CT molecular complexity index is 2720. The van der Waals surface area contributed by atoms with Crippen molar-refractivity contribution in [1.29, 1.82) is 0 Å². The second kappa shape index (κ2) is 20.2. The van der Waals surface area contributed by atoms with Crippen molar-refractivity contribution in [2.75, 3.05) is 7.11 Å². The Hall–Kier alpha value is -7.18. The van der Waals surface area contributed by atoms with Gasteiger partial charge in [-0.3, -0.25) is 14.4 Å². The number of pyridine rings is 3. The topological polar surface area (TPSA) is 99.1 Å². The molecular formula is C52H39ClFN3O4. The zero-order chi connectivity index (χ0) is 42.6. The number of ether oxygens (including phenoxy) is 1. The first-order valence-electron chi connectivity index (χ1n) is 20.0. The highest BCUT2D eigenvalue weighted by Gasteiger charge is 2.20. The summed E-state index contributed by atoms with van der Waals surface area (Å²) < 4.78 is 18.2. The van der Waals surface area contributed by atoms with Crippen LogP contribution in [0.1, 0.15) is 120 Å². The van der Waals surface area contributed by atoms with E-state index >= 15 is 0 Å². The maximum atomic E-state index is 13.0. The average Bonchev–Trinajstić information content (AvgIpc) is 3.28. The van der Waals surface area contributed by atoms with Crippen LogP contribution in [0.3, 0.4) is 0 Å². The molecule has 3 heterocycles. The molecule has 0 atom stereocenters. The standard InChI is InChI=1S/C18H15NO2.C17H12ClNO.C17H12FNO/c1-21-15-5-2-4-13(12-15)8-9-14-10-11-16-17(19-14)6-3-7-18(16)20;2*18-13-4-1-3-12(11-13)7-8-14-9-10-15-16(19-14)5-2-6-17(15)20/h2,4-5,10-12H,3,6-7H2,1H3;2*1,3-4,9-11H,2,5-6H2. The summed E-state index contributed by atoms with van der Waals surface area (Å²) >= 11 is 5.92. The van der Waals surface area contributed by atoms with Gasteiger partial charge in [-0.2, -0.15) is 0 Å². The number of aromatic nitrogens is 3. The Morgan fingerprint density at radius 2 is 0.902 bits per heavy atom. The number of fused-ring (bicyclic) bond motifs is 3. The van der Waals surface area contributed by atoms with Crippen molar-refractivity contribution in [3.8, 4) is 41.3 Å². The second-order valence-electron chi connectivity index (χ2n) is 14.4. The fourth-order valence-electron chi connectivity index (χ4n) is 6.94. The minimum absolute atomic E-state index is 0.156. The number of Topliss-reactive ketones (excluding diaryl/α,β-unsaturated/α-hetero) is 3. The predicted octanol–water partition coefficient (Wildman–Crippen LogP) is 9.80. The van der Waals surface area contributed by atoms with Crippen molar-refractivity contribution in [3.05, 3.63) is 188 Å². The van der Waals surface area contributed by atoms with E-state index < -0.39 is 0 Å². The molecule has 0 fully saturated rings. The zero-order valence-electron chi connectivity index (χ0n) is 33.5. The number of hydrogen-bond donors (Lipinski definition) is 0. The van der Waals surface area contributed by atoms with E-state index in [-0.39, 0.29) is 23.2 Å². The summed E-state index contributed by atoms with van der Waals surface area (Å²) in [5.74, 6) is 19.0. The normalized spacial score (nSPS) is 13.3. The smallest absolute Gasteiger partial charge is 0.164 e. The summed E-state index contributed by atoms with van der Waals surface area (Å²) in [5.41, 5.74) is 9.16. The van der Waals surface area contributed by atoms with Crippen molar-refractivity contribution in [3.63, 3.8) is 0 Å². The lowest BCUT2D eigenvalue weighted by Crippen LogP contribution is -2.12. The van der Waals surface area contributed by atoms with E-state index in [1.54, 1.807) is 37.4 Å². The largest absolute Gasteiger partial charge is 0.497 e. The number of benzene rings is 3. The van der Waals surface area contributed by atoms with E-state index in [1.165, 1.54) is 12.1 Å². The lowest BCUT2D eigenvalue weighted by molar-refractivity contribution is 0.0963. The van der Waals surface area contributed by atoms with Crippen LogP contribution in [-0.4, -0.2) is 39.4 Å². The van der Waals surface area contributed by atoms with E-state index in [9.17, 15) is 18.8 Å². The molecule has 0 aliphatic heterocycles. The summed E-state index contributed by atoms with van der Waals surface area (Å²) in [6.07, 6.45) is 6.99. The van der Waals surface area contributed by atoms with Crippen LogP contribution < -0.4 is 4.74 Å². The van der Waals surface area contributed by atoms with Crippen LogP contribution in [0.4, 0.5) is 4.39 Å². The molecule has 61 heavy (non-hydrogen) atoms. The molecule has 0 radical (unpaired) electrons. The van der Waals surface area contributed by atoms with Gasteiger partial charge in [0.05, 0.1) is 24.2 Å². The zero-order valence-corrected chi connectivity index (χ0v) is 34.2. The molecule has 0 spiro atoms. The van der Waals surface area contributed by atoms with E-state index in [1.807, 2.05) is 66.7 Å². The fraction of sp³-hybridized carbons (Fsp3) is 0.192. The van der Waals surface area contributed by atoms with Gasteiger partial charge in [-0.05, 0) is 147 Å². The molecule has 0 saturated carbocycles. The monoisotopic (exact) mass is 823 g/mol. The quantitative estimate of drug-likeness (QED) is 0.152.